The number of rotatable bonds is 5. The van der Waals surface area contributed by atoms with E-state index in [1.807, 2.05) is 20.8 Å². The molecule has 0 bridgehead atoms. The maximum absolute atomic E-state index is 9.72. The zero-order valence-corrected chi connectivity index (χ0v) is 10.8. The van der Waals surface area contributed by atoms with E-state index in [4.69, 9.17) is 0 Å². The van der Waals surface area contributed by atoms with Gasteiger partial charge in [0, 0.05) is 0 Å². The summed E-state index contributed by atoms with van der Waals surface area (Å²) in [5.74, 6) is 0.276. The lowest BCUT2D eigenvalue weighted by molar-refractivity contribution is 0.0130. The minimum Gasteiger partial charge on any atom is -0.508 e. The molecule has 17 heavy (non-hydrogen) atoms. The Morgan fingerprint density at radius 3 is 2.06 bits per heavy atom. The molecule has 0 aliphatic heterocycles. The first-order chi connectivity index (χ1) is 7.95. The molecule has 0 saturated heterocycles. The van der Waals surface area contributed by atoms with Crippen molar-refractivity contribution in [2.45, 2.75) is 52.2 Å². The normalized spacial score (nSPS) is 14.6. The fraction of sp³-hybridized carbons (Fsp3) is 0.571. The predicted octanol–water partition coefficient (Wildman–Crippen LogP) is 2.07. The fourth-order valence-corrected chi connectivity index (χ4v) is 2.12. The van der Waals surface area contributed by atoms with Gasteiger partial charge in [-0.2, -0.15) is 0 Å². The summed E-state index contributed by atoms with van der Waals surface area (Å²) in [6.07, 6.45) is 0.507. The molecule has 0 amide bonds. The second-order valence-corrected chi connectivity index (χ2v) is 4.64. The number of phenolic OH excluding ortho intramolecular Hbond substituents is 1. The van der Waals surface area contributed by atoms with Crippen molar-refractivity contribution in [1.82, 2.24) is 0 Å². The predicted molar refractivity (Wildman–Crippen MR) is 68.2 cm³/mol. The van der Waals surface area contributed by atoms with Gasteiger partial charge >= 0.3 is 0 Å². The van der Waals surface area contributed by atoms with Crippen molar-refractivity contribution in [1.29, 1.82) is 0 Å². The molecule has 96 valence electrons. The highest BCUT2D eigenvalue weighted by Crippen LogP contribution is 2.22. The van der Waals surface area contributed by atoms with Gasteiger partial charge in [0.15, 0.2) is 0 Å². The van der Waals surface area contributed by atoms with E-state index < -0.39 is 12.2 Å². The van der Waals surface area contributed by atoms with Gasteiger partial charge < -0.3 is 15.3 Å². The van der Waals surface area contributed by atoms with Crippen LogP contribution in [-0.2, 0) is 6.42 Å². The van der Waals surface area contributed by atoms with E-state index in [9.17, 15) is 15.3 Å². The maximum atomic E-state index is 9.72. The molecule has 0 aliphatic rings. The monoisotopic (exact) mass is 238 g/mol. The number of aliphatic hydroxyl groups excluding tert-OH is 2. The van der Waals surface area contributed by atoms with Gasteiger partial charge in [0.25, 0.3) is 0 Å². The Balaban J connectivity index is 2.70. The average molecular weight is 238 g/mol. The molecule has 3 nitrogen and oxygen atoms in total. The molecule has 0 aliphatic carbocycles. The summed E-state index contributed by atoms with van der Waals surface area (Å²) in [7, 11) is 0. The summed E-state index contributed by atoms with van der Waals surface area (Å²) in [5, 5.41) is 28.6. The van der Waals surface area contributed by atoms with Crippen LogP contribution in [0.5, 0.6) is 5.75 Å². The summed E-state index contributed by atoms with van der Waals surface area (Å²) < 4.78 is 0. The zero-order chi connectivity index (χ0) is 13.0. The van der Waals surface area contributed by atoms with Crippen molar-refractivity contribution < 1.29 is 15.3 Å². The van der Waals surface area contributed by atoms with E-state index in [1.165, 1.54) is 0 Å². The van der Waals surface area contributed by atoms with Crippen LogP contribution in [0.15, 0.2) is 12.1 Å². The standard InChI is InChI=1S/C14H22O3/c1-4-13(16)14(17)6-5-12-9(2)7-11(15)8-10(12)3/h7-8,13-17H,4-6H2,1-3H3. The number of aromatic hydroxyl groups is 1. The Morgan fingerprint density at radius 2 is 1.59 bits per heavy atom. The highest BCUT2D eigenvalue weighted by atomic mass is 16.3. The maximum Gasteiger partial charge on any atom is 0.116 e. The third-order valence-electron chi connectivity index (χ3n) is 3.23. The fourth-order valence-electron chi connectivity index (χ4n) is 2.12. The first kappa shape index (κ1) is 14.0. The molecular formula is C14H22O3. The minimum atomic E-state index is -0.674. The number of hydrogen-bond acceptors (Lipinski definition) is 3. The highest BCUT2D eigenvalue weighted by Gasteiger charge is 2.15. The zero-order valence-electron chi connectivity index (χ0n) is 10.8. The van der Waals surface area contributed by atoms with Crippen LogP contribution in [0.4, 0.5) is 0 Å². The van der Waals surface area contributed by atoms with Gasteiger partial charge in [-0.3, -0.25) is 0 Å². The molecule has 3 N–H and O–H groups in total. The van der Waals surface area contributed by atoms with Crippen LogP contribution in [0.25, 0.3) is 0 Å². The lowest BCUT2D eigenvalue weighted by atomic mass is 9.95. The first-order valence-corrected chi connectivity index (χ1v) is 6.11. The van der Waals surface area contributed by atoms with Crippen molar-refractivity contribution >= 4 is 0 Å². The third-order valence-corrected chi connectivity index (χ3v) is 3.23. The molecule has 1 rings (SSSR count). The molecular weight excluding hydrogens is 216 g/mol. The summed E-state index contributed by atoms with van der Waals surface area (Å²) in [6, 6.07) is 3.45. The molecule has 0 spiro atoms. The van der Waals surface area contributed by atoms with E-state index in [0.717, 1.165) is 23.1 Å². The van der Waals surface area contributed by atoms with Crippen molar-refractivity contribution in [3.05, 3.63) is 28.8 Å². The van der Waals surface area contributed by atoms with Crippen molar-refractivity contribution in [2.75, 3.05) is 0 Å². The molecule has 0 saturated carbocycles. The van der Waals surface area contributed by atoms with E-state index in [0.29, 0.717) is 12.8 Å². The van der Waals surface area contributed by atoms with E-state index >= 15 is 0 Å². The molecule has 2 atom stereocenters. The van der Waals surface area contributed by atoms with Gasteiger partial charge in [-0.15, -0.1) is 0 Å². The Labute approximate surface area is 103 Å². The molecule has 1 aromatic rings. The van der Waals surface area contributed by atoms with Crippen LogP contribution in [0.2, 0.25) is 0 Å². The van der Waals surface area contributed by atoms with Gasteiger partial charge in [-0.1, -0.05) is 6.92 Å². The van der Waals surface area contributed by atoms with Crippen LogP contribution in [0.3, 0.4) is 0 Å². The number of aryl methyl sites for hydroxylation is 2. The Hall–Kier alpha value is -1.06. The third kappa shape index (κ3) is 3.72. The highest BCUT2D eigenvalue weighted by molar-refractivity contribution is 5.40. The smallest absolute Gasteiger partial charge is 0.116 e. The Bertz CT molecular complexity index is 351. The first-order valence-electron chi connectivity index (χ1n) is 6.11. The average Bonchev–Trinajstić information content (AvgIpc) is 2.26. The number of hydrogen-bond donors (Lipinski definition) is 3. The molecule has 0 aromatic heterocycles. The Kier molecular flexibility index (Phi) is 4.97. The molecule has 3 heteroatoms. The Morgan fingerprint density at radius 1 is 1.06 bits per heavy atom. The summed E-state index contributed by atoms with van der Waals surface area (Å²) >= 11 is 0. The SMILES string of the molecule is CCC(O)C(O)CCc1c(C)cc(O)cc1C. The van der Waals surface area contributed by atoms with Crippen LogP contribution in [-0.4, -0.2) is 27.5 Å². The van der Waals surface area contributed by atoms with Gasteiger partial charge in [-0.25, -0.2) is 0 Å². The minimum absolute atomic E-state index is 0.276. The largest absolute Gasteiger partial charge is 0.508 e. The van der Waals surface area contributed by atoms with E-state index in [2.05, 4.69) is 0 Å². The van der Waals surface area contributed by atoms with Crippen LogP contribution in [0.1, 0.15) is 36.5 Å². The molecule has 1 aromatic carbocycles. The second kappa shape index (κ2) is 6.03. The van der Waals surface area contributed by atoms with Crippen molar-refractivity contribution in [3.63, 3.8) is 0 Å². The summed E-state index contributed by atoms with van der Waals surface area (Å²) in [6.45, 7) is 5.75. The van der Waals surface area contributed by atoms with Crippen LogP contribution < -0.4 is 0 Å². The quantitative estimate of drug-likeness (QED) is 0.736. The number of aliphatic hydroxyl groups is 2. The topological polar surface area (TPSA) is 60.7 Å². The van der Waals surface area contributed by atoms with Crippen LogP contribution >= 0.6 is 0 Å². The number of benzene rings is 1. The van der Waals surface area contributed by atoms with Gasteiger partial charge in [0.05, 0.1) is 12.2 Å². The van der Waals surface area contributed by atoms with Crippen molar-refractivity contribution in [3.8, 4) is 5.75 Å². The van der Waals surface area contributed by atoms with E-state index in [1.54, 1.807) is 12.1 Å². The lowest BCUT2D eigenvalue weighted by Gasteiger charge is -2.17. The van der Waals surface area contributed by atoms with Crippen LogP contribution in [0, 0.1) is 13.8 Å². The van der Waals surface area contributed by atoms with Gasteiger partial charge in [0.1, 0.15) is 5.75 Å². The summed E-state index contributed by atoms with van der Waals surface area (Å²) in [4.78, 5) is 0. The van der Waals surface area contributed by atoms with Crippen molar-refractivity contribution in [2.24, 2.45) is 0 Å². The molecule has 0 radical (unpaired) electrons. The summed E-state index contributed by atoms with van der Waals surface area (Å²) in [5.41, 5.74) is 3.20. The molecule has 2 unspecified atom stereocenters. The molecule has 0 fully saturated rings. The van der Waals surface area contributed by atoms with Gasteiger partial charge in [-0.05, 0) is 61.9 Å². The van der Waals surface area contributed by atoms with Gasteiger partial charge in [0.2, 0.25) is 0 Å². The lowest BCUT2D eigenvalue weighted by Crippen LogP contribution is -2.25. The number of phenols is 1. The van der Waals surface area contributed by atoms with E-state index in [-0.39, 0.29) is 5.75 Å². The molecule has 0 heterocycles. The second-order valence-electron chi connectivity index (χ2n) is 4.64.